The first kappa shape index (κ1) is 16.2. The van der Waals surface area contributed by atoms with Crippen LogP contribution in [0.3, 0.4) is 0 Å². The van der Waals surface area contributed by atoms with Gasteiger partial charge in [0.25, 0.3) is 5.56 Å². The molecule has 1 fully saturated rings. The molecule has 0 saturated carbocycles. The van der Waals surface area contributed by atoms with Crippen LogP contribution < -0.4 is 10.9 Å². The van der Waals surface area contributed by atoms with Crippen molar-refractivity contribution in [1.82, 2.24) is 20.2 Å². The zero-order valence-corrected chi connectivity index (χ0v) is 13.0. The lowest BCUT2D eigenvalue weighted by Gasteiger charge is -2.33. The zero-order chi connectivity index (χ0) is 16.1. The van der Waals surface area contributed by atoms with E-state index in [1.165, 1.54) is 13.0 Å². The summed E-state index contributed by atoms with van der Waals surface area (Å²) in [6.07, 6.45) is 3.05. The van der Waals surface area contributed by atoms with Crippen molar-refractivity contribution in [3.63, 3.8) is 0 Å². The van der Waals surface area contributed by atoms with Crippen LogP contribution in [0.4, 0.5) is 0 Å². The second kappa shape index (κ2) is 7.20. The monoisotopic (exact) mass is 306 g/mol. The van der Waals surface area contributed by atoms with Crippen LogP contribution >= 0.6 is 0 Å². The van der Waals surface area contributed by atoms with Gasteiger partial charge in [0.1, 0.15) is 11.9 Å². The van der Waals surface area contributed by atoms with Gasteiger partial charge in [-0.2, -0.15) is 0 Å². The van der Waals surface area contributed by atoms with Gasteiger partial charge in [0.05, 0.1) is 0 Å². The highest BCUT2D eigenvalue weighted by molar-refractivity contribution is 5.87. The van der Waals surface area contributed by atoms with E-state index in [1.807, 2.05) is 0 Å². The van der Waals surface area contributed by atoms with Crippen molar-refractivity contribution >= 4 is 11.8 Å². The number of hydrogen-bond acceptors (Lipinski definition) is 4. The fraction of sp³-hybridized carbons (Fsp3) is 0.600. The molecule has 0 aromatic carbocycles. The molecule has 0 spiro atoms. The first-order chi connectivity index (χ1) is 10.5. The Hall–Kier alpha value is -2.18. The fourth-order valence-corrected chi connectivity index (χ4v) is 2.76. The molecule has 2 amide bonds. The van der Waals surface area contributed by atoms with Gasteiger partial charge in [-0.25, -0.2) is 4.98 Å². The lowest BCUT2D eigenvalue weighted by Crippen LogP contribution is -2.51. The zero-order valence-electron chi connectivity index (χ0n) is 13.0. The van der Waals surface area contributed by atoms with Crippen LogP contribution in [-0.2, 0) is 16.0 Å². The summed E-state index contributed by atoms with van der Waals surface area (Å²) in [7, 11) is 0. The van der Waals surface area contributed by atoms with E-state index >= 15 is 0 Å². The predicted molar refractivity (Wildman–Crippen MR) is 81.3 cm³/mol. The van der Waals surface area contributed by atoms with Crippen LogP contribution in [0, 0.1) is 6.92 Å². The largest absolute Gasteiger partial charge is 0.354 e. The maximum Gasteiger partial charge on any atom is 0.251 e. The molecule has 1 aromatic rings. The number of rotatable bonds is 4. The second-order valence-corrected chi connectivity index (χ2v) is 5.60. The van der Waals surface area contributed by atoms with Crippen molar-refractivity contribution in [2.75, 3.05) is 13.1 Å². The third-order valence-corrected chi connectivity index (χ3v) is 3.79. The van der Waals surface area contributed by atoms with E-state index in [4.69, 9.17) is 0 Å². The number of amides is 2. The molecule has 2 rings (SSSR count). The van der Waals surface area contributed by atoms with Crippen molar-refractivity contribution in [2.45, 2.75) is 45.6 Å². The van der Waals surface area contributed by atoms with Gasteiger partial charge < -0.3 is 15.2 Å². The van der Waals surface area contributed by atoms with Crippen LogP contribution in [0.1, 0.15) is 37.7 Å². The van der Waals surface area contributed by atoms with E-state index < -0.39 is 0 Å². The van der Waals surface area contributed by atoms with Crippen molar-refractivity contribution in [3.05, 3.63) is 27.9 Å². The van der Waals surface area contributed by atoms with Crippen LogP contribution in [0.15, 0.2) is 10.9 Å². The smallest absolute Gasteiger partial charge is 0.251 e. The molecule has 7 nitrogen and oxygen atoms in total. The van der Waals surface area contributed by atoms with Crippen LogP contribution in [0.25, 0.3) is 0 Å². The van der Waals surface area contributed by atoms with Gasteiger partial charge in [0.15, 0.2) is 0 Å². The molecule has 1 aliphatic heterocycles. The average Bonchev–Trinajstić information content (AvgIpc) is 2.46. The number of H-pyrrole nitrogens is 1. The molecule has 0 radical (unpaired) electrons. The number of aromatic amines is 1. The van der Waals surface area contributed by atoms with Crippen molar-refractivity contribution < 1.29 is 9.59 Å². The van der Waals surface area contributed by atoms with Gasteiger partial charge in [0, 0.05) is 38.2 Å². The summed E-state index contributed by atoms with van der Waals surface area (Å²) in [5.41, 5.74) is 0.462. The van der Waals surface area contributed by atoms with E-state index in [-0.39, 0.29) is 23.4 Å². The summed E-state index contributed by atoms with van der Waals surface area (Å²) >= 11 is 0. The number of nitrogens with one attached hydrogen (secondary N) is 2. The third kappa shape index (κ3) is 4.16. The lowest BCUT2D eigenvalue weighted by atomic mass is 10.0. The Morgan fingerprint density at radius 1 is 1.45 bits per heavy atom. The van der Waals surface area contributed by atoms with Gasteiger partial charge in [-0.1, -0.05) is 0 Å². The van der Waals surface area contributed by atoms with Crippen LogP contribution in [0.5, 0.6) is 0 Å². The SMILES string of the molecule is CC(=O)N1CCCCC1C(=O)NCCc1nc(C)cc(=O)[nH]1. The minimum atomic E-state index is -0.379. The molecule has 1 atom stereocenters. The molecule has 1 unspecified atom stereocenters. The average molecular weight is 306 g/mol. The molecule has 1 saturated heterocycles. The molecule has 2 heterocycles. The normalized spacial score (nSPS) is 18.1. The maximum absolute atomic E-state index is 12.2. The maximum atomic E-state index is 12.2. The Morgan fingerprint density at radius 3 is 2.91 bits per heavy atom. The third-order valence-electron chi connectivity index (χ3n) is 3.79. The number of piperidine rings is 1. The first-order valence-electron chi connectivity index (χ1n) is 7.59. The summed E-state index contributed by atoms with van der Waals surface area (Å²) in [6.45, 7) is 4.27. The predicted octanol–water partition coefficient (Wildman–Crippen LogP) is 0.138. The number of likely N-dealkylation sites (tertiary alicyclic amines) is 1. The highest BCUT2D eigenvalue weighted by Gasteiger charge is 2.29. The molecule has 7 heteroatoms. The van der Waals surface area contributed by atoms with Gasteiger partial charge >= 0.3 is 0 Å². The molecule has 1 aliphatic rings. The quantitative estimate of drug-likeness (QED) is 0.827. The number of carbonyl (C=O) groups is 2. The number of carbonyl (C=O) groups excluding carboxylic acids is 2. The molecular formula is C15H22N4O3. The summed E-state index contributed by atoms with van der Waals surface area (Å²) in [6, 6.07) is 1.05. The number of hydrogen-bond donors (Lipinski definition) is 2. The topological polar surface area (TPSA) is 95.2 Å². The Balaban J connectivity index is 1.89. The molecule has 120 valence electrons. The molecule has 1 aromatic heterocycles. The number of nitrogens with zero attached hydrogens (tertiary/aromatic N) is 2. The second-order valence-electron chi connectivity index (χ2n) is 5.60. The molecule has 0 bridgehead atoms. The molecule has 2 N–H and O–H groups in total. The molecule has 0 aliphatic carbocycles. The van der Waals surface area contributed by atoms with E-state index in [2.05, 4.69) is 15.3 Å². The molecule has 22 heavy (non-hydrogen) atoms. The number of aromatic nitrogens is 2. The summed E-state index contributed by atoms with van der Waals surface area (Å²) in [5.74, 6) is 0.354. The number of aryl methyl sites for hydroxylation is 1. The minimum Gasteiger partial charge on any atom is -0.354 e. The van der Waals surface area contributed by atoms with E-state index in [0.717, 1.165) is 12.8 Å². The van der Waals surface area contributed by atoms with Crippen molar-refractivity contribution in [3.8, 4) is 0 Å². The summed E-state index contributed by atoms with van der Waals surface area (Å²) in [5, 5.41) is 2.83. The van der Waals surface area contributed by atoms with E-state index in [1.54, 1.807) is 11.8 Å². The van der Waals surface area contributed by atoms with E-state index in [0.29, 0.717) is 37.4 Å². The summed E-state index contributed by atoms with van der Waals surface area (Å²) in [4.78, 5) is 43.7. The van der Waals surface area contributed by atoms with Gasteiger partial charge in [-0.3, -0.25) is 14.4 Å². The highest BCUT2D eigenvalue weighted by atomic mass is 16.2. The molecular weight excluding hydrogens is 284 g/mol. The Bertz CT molecular complexity index is 611. The van der Waals surface area contributed by atoms with Gasteiger partial charge in [-0.15, -0.1) is 0 Å². The van der Waals surface area contributed by atoms with Gasteiger partial charge in [0.2, 0.25) is 11.8 Å². The Labute approximate surface area is 129 Å². The van der Waals surface area contributed by atoms with Crippen LogP contribution in [-0.4, -0.2) is 45.8 Å². The Kier molecular flexibility index (Phi) is 5.30. The Morgan fingerprint density at radius 2 is 2.23 bits per heavy atom. The standard InChI is InChI=1S/C15H22N4O3/c1-10-9-14(21)18-13(17-10)6-7-16-15(22)12-5-3-4-8-19(12)11(2)20/h9,12H,3-8H2,1-2H3,(H,16,22)(H,17,18,21). The van der Waals surface area contributed by atoms with Crippen molar-refractivity contribution in [2.24, 2.45) is 0 Å². The minimum absolute atomic E-state index is 0.0652. The van der Waals surface area contributed by atoms with Gasteiger partial charge in [-0.05, 0) is 26.2 Å². The van der Waals surface area contributed by atoms with Crippen LogP contribution in [0.2, 0.25) is 0 Å². The van der Waals surface area contributed by atoms with E-state index in [9.17, 15) is 14.4 Å². The lowest BCUT2D eigenvalue weighted by molar-refractivity contribution is -0.140. The highest BCUT2D eigenvalue weighted by Crippen LogP contribution is 2.17. The first-order valence-corrected chi connectivity index (χ1v) is 7.59. The fourth-order valence-electron chi connectivity index (χ4n) is 2.76. The summed E-state index contributed by atoms with van der Waals surface area (Å²) < 4.78 is 0. The van der Waals surface area contributed by atoms with Crippen molar-refractivity contribution in [1.29, 1.82) is 0 Å².